The number of carbonyl (C=O) groups excluding carboxylic acids is 1. The van der Waals surface area contributed by atoms with Gasteiger partial charge in [0.2, 0.25) is 5.91 Å². The minimum Gasteiger partial charge on any atom is -0.320 e. The molecule has 3 nitrogen and oxygen atoms in total. The first-order valence-electron chi connectivity index (χ1n) is 7.79. The molecule has 1 amide bonds. The fourth-order valence-electron chi connectivity index (χ4n) is 3.58. The first-order valence-corrected chi connectivity index (χ1v) is 9.96. The van der Waals surface area contributed by atoms with E-state index in [-0.39, 0.29) is 22.9 Å². The van der Waals surface area contributed by atoms with Gasteiger partial charge < -0.3 is 4.90 Å². The molecule has 1 aliphatic carbocycles. The lowest BCUT2D eigenvalue weighted by molar-refractivity contribution is -0.130. The lowest BCUT2D eigenvalue weighted by atomic mass is 9.87. The van der Waals surface area contributed by atoms with Crippen molar-refractivity contribution in [3.63, 3.8) is 0 Å². The highest BCUT2D eigenvalue weighted by Crippen LogP contribution is 2.41. The van der Waals surface area contributed by atoms with Crippen LogP contribution in [0, 0.1) is 0 Å². The number of nitrogens with zero attached hydrogens (tertiary/aromatic N) is 1. The molecule has 2 atom stereocenters. The number of hydrogen-bond donors (Lipinski definition) is 1. The summed E-state index contributed by atoms with van der Waals surface area (Å²) in [6, 6.07) is 2.06. The molecule has 2 fully saturated rings. The molecule has 1 aliphatic heterocycles. The molecule has 3 rings (SSSR count). The van der Waals surface area contributed by atoms with Gasteiger partial charge in [-0.3, -0.25) is 10.1 Å². The van der Waals surface area contributed by atoms with Crippen molar-refractivity contribution < 1.29 is 4.79 Å². The zero-order valence-electron chi connectivity index (χ0n) is 12.8. The molecule has 2 heterocycles. The number of nitrogens with one attached hydrogen (secondary N) is 1. The number of amides is 1. The van der Waals surface area contributed by atoms with Gasteiger partial charge in [0.1, 0.15) is 6.17 Å². The standard InChI is InChI=1S/C16H24N2OS2/c1-12-15(19)18(14(17-12)13-6-9-21-10-13)11-16(20-2)7-4-3-5-8-16/h6,9-10,12,14,17H,3-5,7-8,11H2,1-2H3. The molecular weight excluding hydrogens is 300 g/mol. The van der Waals surface area contributed by atoms with Gasteiger partial charge in [0.25, 0.3) is 0 Å². The molecule has 2 unspecified atom stereocenters. The minimum absolute atomic E-state index is 0.0599. The van der Waals surface area contributed by atoms with Crippen LogP contribution >= 0.6 is 23.1 Å². The topological polar surface area (TPSA) is 32.3 Å². The minimum atomic E-state index is -0.0719. The smallest absolute Gasteiger partial charge is 0.241 e. The molecule has 0 bridgehead atoms. The molecular formula is C16H24N2OS2. The Bertz CT molecular complexity index is 482. The highest BCUT2D eigenvalue weighted by atomic mass is 32.2. The molecule has 0 aromatic carbocycles. The predicted octanol–water partition coefficient (Wildman–Crippen LogP) is 3.63. The van der Waals surface area contributed by atoms with E-state index in [9.17, 15) is 4.79 Å². The van der Waals surface area contributed by atoms with Gasteiger partial charge in [-0.15, -0.1) is 0 Å². The van der Waals surface area contributed by atoms with Gasteiger partial charge in [0, 0.05) is 11.3 Å². The Morgan fingerprint density at radius 1 is 1.43 bits per heavy atom. The molecule has 1 saturated heterocycles. The van der Waals surface area contributed by atoms with Crippen molar-refractivity contribution in [1.82, 2.24) is 10.2 Å². The van der Waals surface area contributed by atoms with E-state index in [1.165, 1.54) is 37.7 Å². The zero-order valence-corrected chi connectivity index (χ0v) is 14.4. The highest BCUT2D eigenvalue weighted by molar-refractivity contribution is 8.00. The van der Waals surface area contributed by atoms with E-state index in [0.29, 0.717) is 0 Å². The molecule has 1 aromatic rings. The predicted molar refractivity (Wildman–Crippen MR) is 90.7 cm³/mol. The Morgan fingerprint density at radius 3 is 2.81 bits per heavy atom. The molecule has 21 heavy (non-hydrogen) atoms. The van der Waals surface area contributed by atoms with Gasteiger partial charge in [0.05, 0.1) is 6.04 Å². The summed E-state index contributed by atoms with van der Waals surface area (Å²) in [5.41, 5.74) is 1.23. The molecule has 0 radical (unpaired) electrons. The number of thiophene rings is 1. The van der Waals surface area contributed by atoms with Gasteiger partial charge >= 0.3 is 0 Å². The summed E-state index contributed by atoms with van der Waals surface area (Å²) in [7, 11) is 0. The molecule has 0 spiro atoms. The van der Waals surface area contributed by atoms with E-state index in [1.807, 2.05) is 18.7 Å². The van der Waals surface area contributed by atoms with Crippen LogP contribution in [0.15, 0.2) is 16.8 Å². The van der Waals surface area contributed by atoms with Gasteiger partial charge in [-0.1, -0.05) is 19.3 Å². The molecule has 116 valence electrons. The van der Waals surface area contributed by atoms with Crippen molar-refractivity contribution in [2.45, 2.75) is 56.0 Å². The molecule has 1 aromatic heterocycles. The van der Waals surface area contributed by atoms with E-state index in [0.717, 1.165) is 6.54 Å². The average molecular weight is 325 g/mol. The summed E-state index contributed by atoms with van der Waals surface area (Å²) in [4.78, 5) is 14.7. The van der Waals surface area contributed by atoms with Crippen LogP contribution in [0.1, 0.15) is 50.8 Å². The van der Waals surface area contributed by atoms with E-state index >= 15 is 0 Å². The number of carbonyl (C=O) groups is 1. The number of thioether (sulfide) groups is 1. The third kappa shape index (κ3) is 3.01. The van der Waals surface area contributed by atoms with Crippen LogP contribution in [0.4, 0.5) is 0 Å². The summed E-state index contributed by atoms with van der Waals surface area (Å²) in [5, 5.41) is 7.71. The maximum absolute atomic E-state index is 12.6. The van der Waals surface area contributed by atoms with Gasteiger partial charge in [-0.25, -0.2) is 0 Å². The van der Waals surface area contributed by atoms with Crippen LogP contribution in [0.25, 0.3) is 0 Å². The molecule has 5 heteroatoms. The molecule has 1 saturated carbocycles. The van der Waals surface area contributed by atoms with E-state index < -0.39 is 0 Å². The zero-order chi connectivity index (χ0) is 14.9. The summed E-state index contributed by atoms with van der Waals surface area (Å²) in [5.74, 6) is 0.255. The van der Waals surface area contributed by atoms with Crippen molar-refractivity contribution in [3.8, 4) is 0 Å². The Labute approximate surface area is 135 Å². The quantitative estimate of drug-likeness (QED) is 0.918. The third-order valence-electron chi connectivity index (χ3n) is 4.89. The first-order chi connectivity index (χ1) is 10.2. The maximum Gasteiger partial charge on any atom is 0.241 e. The number of hydrogen-bond acceptors (Lipinski definition) is 4. The monoisotopic (exact) mass is 324 g/mol. The van der Waals surface area contributed by atoms with Crippen LogP contribution in [0.5, 0.6) is 0 Å². The lowest BCUT2D eigenvalue weighted by Crippen LogP contribution is -2.44. The van der Waals surface area contributed by atoms with Crippen molar-refractivity contribution in [2.24, 2.45) is 0 Å². The molecule has 1 N–H and O–H groups in total. The van der Waals surface area contributed by atoms with Crippen LogP contribution in [-0.2, 0) is 4.79 Å². The summed E-state index contributed by atoms with van der Waals surface area (Å²) in [6.07, 6.45) is 8.70. The van der Waals surface area contributed by atoms with Crippen molar-refractivity contribution in [2.75, 3.05) is 12.8 Å². The normalized spacial score (nSPS) is 29.0. The van der Waals surface area contributed by atoms with E-state index in [2.05, 4.69) is 33.3 Å². The van der Waals surface area contributed by atoms with E-state index in [4.69, 9.17) is 0 Å². The van der Waals surface area contributed by atoms with Gasteiger partial charge in [-0.2, -0.15) is 23.1 Å². The second-order valence-corrected chi connectivity index (χ2v) is 8.32. The SMILES string of the molecule is CSC1(CN2C(=O)C(C)NC2c2ccsc2)CCCCC1. The Morgan fingerprint density at radius 2 is 2.19 bits per heavy atom. The van der Waals surface area contributed by atoms with Gasteiger partial charge in [-0.05, 0) is 48.4 Å². The van der Waals surface area contributed by atoms with E-state index in [1.54, 1.807) is 11.3 Å². The van der Waals surface area contributed by atoms with Crippen LogP contribution in [0.3, 0.4) is 0 Å². The second-order valence-electron chi connectivity index (χ2n) is 6.26. The third-order valence-corrected chi connectivity index (χ3v) is 6.99. The largest absolute Gasteiger partial charge is 0.320 e. The lowest BCUT2D eigenvalue weighted by Gasteiger charge is -2.40. The fourth-order valence-corrected chi connectivity index (χ4v) is 5.23. The first kappa shape index (κ1) is 15.4. The Balaban J connectivity index is 1.82. The van der Waals surface area contributed by atoms with Gasteiger partial charge in [0.15, 0.2) is 0 Å². The highest BCUT2D eigenvalue weighted by Gasteiger charge is 2.42. The summed E-state index contributed by atoms with van der Waals surface area (Å²) in [6.45, 7) is 2.86. The Hall–Kier alpha value is -0.520. The fraction of sp³-hybridized carbons (Fsp3) is 0.688. The van der Waals surface area contributed by atoms with Crippen LogP contribution < -0.4 is 5.32 Å². The van der Waals surface area contributed by atoms with Crippen molar-refractivity contribution in [3.05, 3.63) is 22.4 Å². The Kier molecular flexibility index (Phi) is 4.62. The number of rotatable bonds is 4. The molecule has 2 aliphatic rings. The summed E-state index contributed by atoms with van der Waals surface area (Å²) < 4.78 is 0.258. The maximum atomic E-state index is 12.6. The van der Waals surface area contributed by atoms with Crippen molar-refractivity contribution in [1.29, 1.82) is 0 Å². The summed E-state index contributed by atoms with van der Waals surface area (Å²) >= 11 is 3.66. The van der Waals surface area contributed by atoms with Crippen molar-refractivity contribution >= 4 is 29.0 Å². The average Bonchev–Trinajstić information content (AvgIpc) is 3.12. The second kappa shape index (κ2) is 6.31. The van der Waals surface area contributed by atoms with Crippen LogP contribution in [-0.4, -0.2) is 34.4 Å². The van der Waals surface area contributed by atoms with Crippen LogP contribution in [0.2, 0.25) is 0 Å².